The molecular weight excluding hydrogens is 276 g/mol. The van der Waals surface area contributed by atoms with Crippen LogP contribution in [0.2, 0.25) is 0 Å². The van der Waals surface area contributed by atoms with E-state index in [2.05, 4.69) is 9.97 Å². The second kappa shape index (κ2) is 5.75. The fourth-order valence-electron chi connectivity index (χ4n) is 2.07. The summed E-state index contributed by atoms with van der Waals surface area (Å²) in [6, 6.07) is 14.9. The van der Waals surface area contributed by atoms with Gasteiger partial charge >= 0.3 is 5.97 Å². The van der Waals surface area contributed by atoms with Crippen LogP contribution in [0.1, 0.15) is 21.7 Å². The summed E-state index contributed by atoms with van der Waals surface area (Å²) in [6.45, 7) is 0. The molecule has 0 aliphatic heterocycles. The van der Waals surface area contributed by atoms with Gasteiger partial charge in [-0.3, -0.25) is 0 Å². The molecule has 0 aliphatic rings. The first-order chi connectivity index (χ1) is 9.22. The van der Waals surface area contributed by atoms with Crippen molar-refractivity contribution in [3.8, 4) is 0 Å². The Morgan fingerprint density at radius 3 is 2.60 bits per heavy atom. The number of nitrogens with zero attached hydrogens (tertiary/aromatic N) is 1. The van der Waals surface area contributed by atoms with Gasteiger partial charge in [-0.15, -0.1) is 12.4 Å². The van der Waals surface area contributed by atoms with Gasteiger partial charge in [-0.05, 0) is 23.8 Å². The molecule has 0 aliphatic carbocycles. The fraction of sp³-hybridized carbons (Fsp3) is 0.0667. The summed E-state index contributed by atoms with van der Waals surface area (Å²) < 4.78 is 0. The van der Waals surface area contributed by atoms with Crippen LogP contribution in [0, 0.1) is 0 Å². The highest BCUT2D eigenvalue weighted by Crippen LogP contribution is 2.15. The number of halogens is 1. The number of rotatable bonds is 3. The van der Waals surface area contributed by atoms with Gasteiger partial charge in [0, 0.05) is 6.42 Å². The first-order valence-corrected chi connectivity index (χ1v) is 5.98. The number of aromatic carboxylic acids is 1. The first kappa shape index (κ1) is 14.1. The molecule has 3 rings (SSSR count). The third kappa shape index (κ3) is 2.81. The van der Waals surface area contributed by atoms with Crippen LogP contribution in [0.15, 0.2) is 48.5 Å². The molecule has 0 amide bonds. The maximum Gasteiger partial charge on any atom is 0.335 e. The number of carboxylic acids is 1. The van der Waals surface area contributed by atoms with Gasteiger partial charge in [-0.25, -0.2) is 9.78 Å². The van der Waals surface area contributed by atoms with Gasteiger partial charge in [0.1, 0.15) is 5.82 Å². The number of imidazole rings is 1. The standard InChI is InChI=1S/C15H12N2O2.ClH/c18-15(19)11-6-7-12-13(9-11)17-14(16-12)8-10-4-2-1-3-5-10;/h1-7,9H,8H2,(H,16,17)(H,18,19);1H. The minimum atomic E-state index is -0.930. The molecule has 2 N–H and O–H groups in total. The summed E-state index contributed by atoms with van der Waals surface area (Å²) in [5.74, 6) is -0.0927. The van der Waals surface area contributed by atoms with Gasteiger partial charge in [0.05, 0.1) is 16.6 Å². The second-order valence-electron chi connectivity index (χ2n) is 4.38. The molecule has 102 valence electrons. The van der Waals surface area contributed by atoms with E-state index in [0.29, 0.717) is 6.42 Å². The molecule has 1 aromatic heterocycles. The van der Waals surface area contributed by atoms with E-state index in [1.165, 1.54) is 5.56 Å². The minimum Gasteiger partial charge on any atom is -0.478 e. The predicted octanol–water partition coefficient (Wildman–Crippen LogP) is 3.27. The van der Waals surface area contributed by atoms with E-state index in [4.69, 9.17) is 5.11 Å². The summed E-state index contributed by atoms with van der Waals surface area (Å²) in [6.07, 6.45) is 0.706. The number of hydrogen-bond acceptors (Lipinski definition) is 2. The maximum absolute atomic E-state index is 10.9. The molecule has 0 saturated heterocycles. The van der Waals surface area contributed by atoms with E-state index in [-0.39, 0.29) is 18.0 Å². The number of fused-ring (bicyclic) bond motifs is 1. The van der Waals surface area contributed by atoms with Gasteiger partial charge in [0.15, 0.2) is 0 Å². The molecule has 2 aromatic carbocycles. The molecular formula is C15H13ClN2O2. The summed E-state index contributed by atoms with van der Waals surface area (Å²) in [4.78, 5) is 18.5. The molecule has 20 heavy (non-hydrogen) atoms. The highest BCUT2D eigenvalue weighted by Gasteiger charge is 2.07. The number of carbonyl (C=O) groups is 1. The topological polar surface area (TPSA) is 66.0 Å². The van der Waals surface area contributed by atoms with E-state index >= 15 is 0 Å². The average molecular weight is 289 g/mol. The van der Waals surface area contributed by atoms with Gasteiger partial charge in [-0.2, -0.15) is 0 Å². The average Bonchev–Trinajstić information content (AvgIpc) is 2.80. The van der Waals surface area contributed by atoms with Gasteiger partial charge < -0.3 is 10.1 Å². The van der Waals surface area contributed by atoms with Crippen molar-refractivity contribution in [2.45, 2.75) is 6.42 Å². The van der Waals surface area contributed by atoms with Crippen LogP contribution in [-0.2, 0) is 6.42 Å². The zero-order valence-corrected chi connectivity index (χ0v) is 11.4. The highest BCUT2D eigenvalue weighted by atomic mass is 35.5. The lowest BCUT2D eigenvalue weighted by Crippen LogP contribution is -1.94. The Labute approximate surface area is 121 Å². The molecule has 4 nitrogen and oxygen atoms in total. The lowest BCUT2D eigenvalue weighted by atomic mass is 10.1. The molecule has 0 unspecified atom stereocenters. The first-order valence-electron chi connectivity index (χ1n) is 5.98. The van der Waals surface area contributed by atoms with Crippen LogP contribution in [0.4, 0.5) is 0 Å². The van der Waals surface area contributed by atoms with Gasteiger partial charge in [-0.1, -0.05) is 30.3 Å². The molecule has 0 bridgehead atoms. The van der Waals surface area contributed by atoms with Crippen molar-refractivity contribution in [2.24, 2.45) is 0 Å². The number of aromatic amines is 1. The van der Waals surface area contributed by atoms with Crippen LogP contribution < -0.4 is 0 Å². The van der Waals surface area contributed by atoms with E-state index in [0.717, 1.165) is 16.9 Å². The van der Waals surface area contributed by atoms with Crippen molar-refractivity contribution < 1.29 is 9.90 Å². The quantitative estimate of drug-likeness (QED) is 0.777. The smallest absolute Gasteiger partial charge is 0.335 e. The van der Waals surface area contributed by atoms with Crippen LogP contribution >= 0.6 is 12.4 Å². The largest absolute Gasteiger partial charge is 0.478 e. The van der Waals surface area contributed by atoms with Crippen molar-refractivity contribution in [3.63, 3.8) is 0 Å². The number of H-pyrrole nitrogens is 1. The summed E-state index contributed by atoms with van der Waals surface area (Å²) in [5, 5.41) is 8.95. The molecule has 3 aromatic rings. The predicted molar refractivity (Wildman–Crippen MR) is 79.5 cm³/mol. The Morgan fingerprint density at radius 1 is 1.15 bits per heavy atom. The van der Waals surface area contributed by atoms with Crippen LogP contribution in [0.5, 0.6) is 0 Å². The number of aromatic nitrogens is 2. The SMILES string of the molecule is Cl.O=C(O)c1ccc2nc(Cc3ccccc3)[nH]c2c1. The Balaban J connectivity index is 0.00000147. The zero-order valence-electron chi connectivity index (χ0n) is 10.5. The van der Waals surface area contributed by atoms with E-state index in [1.807, 2.05) is 30.3 Å². The van der Waals surface area contributed by atoms with Crippen LogP contribution in [0.3, 0.4) is 0 Å². The number of nitrogens with one attached hydrogen (secondary N) is 1. The van der Waals surface area contributed by atoms with Crippen LogP contribution in [0.25, 0.3) is 11.0 Å². The van der Waals surface area contributed by atoms with E-state index in [1.54, 1.807) is 18.2 Å². The molecule has 0 fully saturated rings. The lowest BCUT2D eigenvalue weighted by Gasteiger charge is -1.96. The normalized spacial score (nSPS) is 10.2. The third-order valence-corrected chi connectivity index (χ3v) is 2.99. The van der Waals surface area contributed by atoms with Crippen molar-refractivity contribution in [2.75, 3.05) is 0 Å². The van der Waals surface area contributed by atoms with Crippen molar-refractivity contribution >= 4 is 29.4 Å². The van der Waals surface area contributed by atoms with Crippen LogP contribution in [-0.4, -0.2) is 21.0 Å². The summed E-state index contributed by atoms with van der Waals surface area (Å²) in [7, 11) is 0. The highest BCUT2D eigenvalue weighted by molar-refractivity contribution is 5.92. The van der Waals surface area contributed by atoms with Crippen molar-refractivity contribution in [1.29, 1.82) is 0 Å². The molecule has 0 spiro atoms. The van der Waals surface area contributed by atoms with Gasteiger partial charge in [0.25, 0.3) is 0 Å². The Hall–Kier alpha value is -2.33. The molecule has 0 saturated carbocycles. The summed E-state index contributed by atoms with van der Waals surface area (Å²) >= 11 is 0. The third-order valence-electron chi connectivity index (χ3n) is 2.99. The van der Waals surface area contributed by atoms with E-state index in [9.17, 15) is 4.79 Å². The number of benzene rings is 2. The maximum atomic E-state index is 10.9. The Morgan fingerprint density at radius 2 is 1.90 bits per heavy atom. The van der Waals surface area contributed by atoms with Crippen molar-refractivity contribution in [1.82, 2.24) is 9.97 Å². The number of hydrogen-bond donors (Lipinski definition) is 2. The zero-order chi connectivity index (χ0) is 13.2. The van der Waals surface area contributed by atoms with E-state index < -0.39 is 5.97 Å². The fourth-order valence-corrected chi connectivity index (χ4v) is 2.07. The lowest BCUT2D eigenvalue weighted by molar-refractivity contribution is 0.0697. The molecule has 1 heterocycles. The second-order valence-corrected chi connectivity index (χ2v) is 4.38. The molecule has 0 atom stereocenters. The van der Waals surface area contributed by atoms with Crippen molar-refractivity contribution in [3.05, 3.63) is 65.5 Å². The van der Waals surface area contributed by atoms with Gasteiger partial charge in [0.2, 0.25) is 0 Å². The Kier molecular flexibility index (Phi) is 4.05. The molecule has 0 radical (unpaired) electrons. The monoisotopic (exact) mass is 288 g/mol. The Bertz CT molecular complexity index is 738. The molecule has 5 heteroatoms. The number of carboxylic acid groups (broad SMARTS) is 1. The summed E-state index contributed by atoms with van der Waals surface area (Å²) in [5.41, 5.74) is 2.98. The minimum absolute atomic E-state index is 0.